The SMILES string of the molecule is Cc1nccnc1Oc1ccc(C#N)c(-c2ccc3c(c2)N(C)SN3CC2CC2(F)F)c1. The molecule has 0 saturated heterocycles. The van der Waals surface area contributed by atoms with E-state index >= 15 is 0 Å². The van der Waals surface area contributed by atoms with Gasteiger partial charge in [-0.1, -0.05) is 6.07 Å². The lowest BCUT2D eigenvalue weighted by atomic mass is 9.99. The summed E-state index contributed by atoms with van der Waals surface area (Å²) in [6.45, 7) is 2.11. The van der Waals surface area contributed by atoms with Crippen molar-refractivity contribution in [3.05, 3.63) is 60.0 Å². The Hall–Kier alpha value is -3.38. The molecular weight excluding hydrogens is 432 g/mol. The molecule has 0 radical (unpaired) electrons. The number of anilines is 2. The Balaban J connectivity index is 1.46. The van der Waals surface area contributed by atoms with Crippen LogP contribution in [0.2, 0.25) is 0 Å². The van der Waals surface area contributed by atoms with Crippen LogP contribution in [0.1, 0.15) is 17.7 Å². The van der Waals surface area contributed by atoms with Gasteiger partial charge in [0.25, 0.3) is 5.92 Å². The Labute approximate surface area is 188 Å². The summed E-state index contributed by atoms with van der Waals surface area (Å²) in [6, 6.07) is 13.3. The van der Waals surface area contributed by atoms with Crippen molar-refractivity contribution in [2.45, 2.75) is 19.3 Å². The van der Waals surface area contributed by atoms with Crippen LogP contribution in [0.4, 0.5) is 20.2 Å². The second-order valence-electron chi connectivity index (χ2n) is 7.87. The van der Waals surface area contributed by atoms with Crippen LogP contribution < -0.4 is 13.3 Å². The summed E-state index contributed by atoms with van der Waals surface area (Å²) in [4.78, 5) is 8.38. The largest absolute Gasteiger partial charge is 0.437 e. The van der Waals surface area contributed by atoms with Crippen molar-refractivity contribution in [3.8, 4) is 28.8 Å². The van der Waals surface area contributed by atoms with Gasteiger partial charge in [0.1, 0.15) is 5.75 Å². The van der Waals surface area contributed by atoms with Crippen molar-refractivity contribution < 1.29 is 13.5 Å². The van der Waals surface area contributed by atoms with Crippen LogP contribution >= 0.6 is 12.1 Å². The lowest BCUT2D eigenvalue weighted by molar-refractivity contribution is 0.101. The molecule has 0 spiro atoms. The Morgan fingerprint density at radius 2 is 1.97 bits per heavy atom. The zero-order valence-electron chi connectivity index (χ0n) is 17.4. The minimum absolute atomic E-state index is 0.0508. The first-order valence-corrected chi connectivity index (χ1v) is 10.8. The maximum atomic E-state index is 13.4. The van der Waals surface area contributed by atoms with Crippen molar-refractivity contribution in [2.75, 3.05) is 22.2 Å². The van der Waals surface area contributed by atoms with Gasteiger partial charge in [-0.3, -0.25) is 13.6 Å². The summed E-state index contributed by atoms with van der Waals surface area (Å²) in [5.41, 5.74) is 4.54. The fraction of sp³-hybridized carbons (Fsp3) is 0.261. The first kappa shape index (κ1) is 20.5. The van der Waals surface area contributed by atoms with Gasteiger partial charge in [-0.05, 0) is 42.8 Å². The van der Waals surface area contributed by atoms with E-state index in [0.29, 0.717) is 29.4 Å². The van der Waals surface area contributed by atoms with Gasteiger partial charge in [0.15, 0.2) is 0 Å². The van der Waals surface area contributed by atoms with Crippen molar-refractivity contribution >= 4 is 23.5 Å². The molecule has 32 heavy (non-hydrogen) atoms. The summed E-state index contributed by atoms with van der Waals surface area (Å²) in [5.74, 6) is -2.20. The zero-order chi connectivity index (χ0) is 22.5. The van der Waals surface area contributed by atoms with Crippen LogP contribution in [-0.4, -0.2) is 29.5 Å². The predicted octanol–water partition coefficient (Wildman–Crippen LogP) is 5.59. The first-order chi connectivity index (χ1) is 15.4. The fourth-order valence-electron chi connectivity index (χ4n) is 3.72. The minimum Gasteiger partial charge on any atom is -0.437 e. The van der Waals surface area contributed by atoms with E-state index in [-0.39, 0.29) is 6.42 Å². The monoisotopic (exact) mass is 451 g/mol. The third-order valence-electron chi connectivity index (χ3n) is 5.62. The highest BCUT2D eigenvalue weighted by Gasteiger charge is 2.57. The number of halogens is 2. The summed E-state index contributed by atoms with van der Waals surface area (Å²) in [5, 5.41) is 9.64. The van der Waals surface area contributed by atoms with E-state index in [4.69, 9.17) is 4.74 Å². The van der Waals surface area contributed by atoms with E-state index in [2.05, 4.69) is 16.0 Å². The van der Waals surface area contributed by atoms with E-state index in [1.807, 2.05) is 40.8 Å². The molecule has 3 aromatic rings. The molecule has 2 aromatic carbocycles. The molecule has 0 bridgehead atoms. The number of aryl methyl sites for hydroxylation is 1. The molecule has 1 atom stereocenters. The number of nitriles is 1. The number of benzene rings is 2. The van der Waals surface area contributed by atoms with Gasteiger partial charge in [-0.25, -0.2) is 13.8 Å². The summed E-state index contributed by atoms with van der Waals surface area (Å²) in [7, 11) is 1.90. The van der Waals surface area contributed by atoms with Gasteiger partial charge >= 0.3 is 0 Å². The van der Waals surface area contributed by atoms with Gasteiger partial charge in [-0.2, -0.15) is 5.26 Å². The van der Waals surface area contributed by atoms with E-state index in [1.54, 1.807) is 30.6 Å². The minimum atomic E-state index is -2.55. The highest BCUT2D eigenvalue weighted by Crippen LogP contribution is 2.53. The number of aromatic nitrogens is 2. The highest BCUT2D eigenvalue weighted by atomic mass is 32.2. The van der Waals surface area contributed by atoms with Gasteiger partial charge < -0.3 is 4.74 Å². The maximum Gasteiger partial charge on any atom is 0.253 e. The standard InChI is InChI=1S/C23H19F2N5OS/c1-14-22(28-8-7-27-14)31-18-5-3-16(12-26)19(10-18)15-4-6-20-21(9-15)29(2)32-30(20)13-17-11-23(17,24)25/h3-10,17H,11,13H2,1-2H3. The Morgan fingerprint density at radius 1 is 1.19 bits per heavy atom. The predicted molar refractivity (Wildman–Crippen MR) is 120 cm³/mol. The molecule has 1 aliphatic heterocycles. The highest BCUT2D eigenvalue weighted by molar-refractivity contribution is 8.02. The number of ether oxygens (including phenoxy) is 1. The number of hydrogen-bond donors (Lipinski definition) is 0. The number of rotatable bonds is 5. The topological polar surface area (TPSA) is 65.3 Å². The summed E-state index contributed by atoms with van der Waals surface area (Å²) < 4.78 is 36.6. The molecule has 5 rings (SSSR count). The lowest BCUT2D eigenvalue weighted by Crippen LogP contribution is -2.18. The first-order valence-electron chi connectivity index (χ1n) is 10.1. The molecule has 1 aliphatic carbocycles. The number of alkyl halides is 2. The van der Waals surface area contributed by atoms with Crippen molar-refractivity contribution in [2.24, 2.45) is 5.92 Å². The average molecular weight is 452 g/mol. The van der Waals surface area contributed by atoms with E-state index in [1.165, 1.54) is 12.1 Å². The quantitative estimate of drug-likeness (QED) is 0.469. The smallest absolute Gasteiger partial charge is 0.253 e. The fourth-order valence-corrected chi connectivity index (χ4v) is 4.74. The molecule has 1 aromatic heterocycles. The molecule has 1 saturated carbocycles. The normalized spacial score (nSPS) is 18.3. The van der Waals surface area contributed by atoms with Crippen molar-refractivity contribution in [3.63, 3.8) is 0 Å². The second-order valence-corrected chi connectivity index (χ2v) is 9.03. The van der Waals surface area contributed by atoms with E-state index < -0.39 is 11.8 Å². The van der Waals surface area contributed by atoms with Gasteiger partial charge in [0, 0.05) is 43.9 Å². The van der Waals surface area contributed by atoms with Crippen LogP contribution in [0, 0.1) is 24.2 Å². The van der Waals surface area contributed by atoms with E-state index in [0.717, 1.165) is 22.5 Å². The molecular formula is C23H19F2N5OS. The molecule has 1 unspecified atom stereocenters. The van der Waals surface area contributed by atoms with Gasteiger partial charge in [0.05, 0.1) is 40.8 Å². The van der Waals surface area contributed by atoms with Crippen molar-refractivity contribution in [1.29, 1.82) is 5.26 Å². The van der Waals surface area contributed by atoms with Crippen LogP contribution in [0.5, 0.6) is 11.6 Å². The molecule has 2 aliphatic rings. The number of nitrogens with zero attached hydrogens (tertiary/aromatic N) is 5. The van der Waals surface area contributed by atoms with Crippen LogP contribution in [0.25, 0.3) is 11.1 Å². The molecule has 0 N–H and O–H groups in total. The van der Waals surface area contributed by atoms with Gasteiger partial charge in [0.2, 0.25) is 5.88 Å². The Bertz CT molecular complexity index is 1250. The van der Waals surface area contributed by atoms with Crippen LogP contribution in [-0.2, 0) is 0 Å². The molecule has 9 heteroatoms. The summed E-state index contributed by atoms with van der Waals surface area (Å²) in [6.07, 6.45) is 3.11. The number of fused-ring (bicyclic) bond motifs is 1. The molecule has 1 fully saturated rings. The molecule has 0 amide bonds. The van der Waals surface area contributed by atoms with Gasteiger partial charge in [-0.15, -0.1) is 0 Å². The van der Waals surface area contributed by atoms with E-state index in [9.17, 15) is 14.0 Å². The zero-order valence-corrected chi connectivity index (χ0v) is 18.2. The lowest BCUT2D eigenvalue weighted by Gasteiger charge is -2.16. The Kier molecular flexibility index (Phi) is 4.90. The molecule has 2 heterocycles. The number of hydrogen-bond acceptors (Lipinski definition) is 7. The second kappa shape index (κ2) is 7.64. The molecule has 6 nitrogen and oxygen atoms in total. The third kappa shape index (κ3) is 3.71. The van der Waals surface area contributed by atoms with Crippen LogP contribution in [0.15, 0.2) is 48.8 Å². The molecule has 162 valence electrons. The Morgan fingerprint density at radius 3 is 2.69 bits per heavy atom. The third-order valence-corrected chi connectivity index (χ3v) is 6.60. The average Bonchev–Trinajstić information content (AvgIpc) is 3.26. The maximum absolute atomic E-state index is 13.4. The van der Waals surface area contributed by atoms with Crippen LogP contribution in [0.3, 0.4) is 0 Å². The van der Waals surface area contributed by atoms with Crippen molar-refractivity contribution in [1.82, 2.24) is 9.97 Å². The summed E-state index contributed by atoms with van der Waals surface area (Å²) >= 11 is 1.41.